The van der Waals surface area contributed by atoms with Crippen molar-refractivity contribution in [1.29, 1.82) is 0 Å². The van der Waals surface area contributed by atoms with Gasteiger partial charge in [0.15, 0.2) is 0 Å². The molecule has 0 aliphatic carbocycles. The van der Waals surface area contributed by atoms with Crippen LogP contribution in [0.5, 0.6) is 0 Å². The summed E-state index contributed by atoms with van der Waals surface area (Å²) < 4.78 is 1.78. The monoisotopic (exact) mass is 453 g/mol. The zero-order chi connectivity index (χ0) is 22.7. The van der Waals surface area contributed by atoms with Crippen LogP contribution >= 0.6 is 11.6 Å². The lowest BCUT2D eigenvalue weighted by atomic mass is 9.89. The van der Waals surface area contributed by atoms with E-state index in [0.29, 0.717) is 17.6 Å². The van der Waals surface area contributed by atoms with Gasteiger partial charge in [-0.25, -0.2) is 9.78 Å². The smallest absolute Gasteiger partial charge is 0.319 e. The molecule has 1 aromatic carbocycles. The van der Waals surface area contributed by atoms with Crippen LogP contribution in [0.4, 0.5) is 10.5 Å². The first-order valence-electron chi connectivity index (χ1n) is 11.0. The average molecular weight is 454 g/mol. The van der Waals surface area contributed by atoms with Crippen molar-refractivity contribution in [2.75, 3.05) is 18.4 Å². The van der Waals surface area contributed by atoms with E-state index in [4.69, 9.17) is 11.6 Å². The summed E-state index contributed by atoms with van der Waals surface area (Å²) >= 11 is 6.04. The van der Waals surface area contributed by atoms with Crippen molar-refractivity contribution in [3.05, 3.63) is 65.1 Å². The van der Waals surface area contributed by atoms with Crippen LogP contribution < -0.4 is 10.6 Å². The van der Waals surface area contributed by atoms with Gasteiger partial charge in [-0.2, -0.15) is 0 Å². The lowest BCUT2D eigenvalue weighted by molar-refractivity contribution is -0.135. The van der Waals surface area contributed by atoms with Crippen molar-refractivity contribution in [2.45, 2.75) is 39.2 Å². The maximum Gasteiger partial charge on any atom is 0.319 e. The molecule has 0 bridgehead atoms. The summed E-state index contributed by atoms with van der Waals surface area (Å²) in [5, 5.41) is 6.29. The zero-order valence-corrected chi connectivity index (χ0v) is 19.1. The number of pyridine rings is 1. The summed E-state index contributed by atoms with van der Waals surface area (Å²) in [6, 6.07) is 11.5. The molecule has 32 heavy (non-hydrogen) atoms. The number of hydrogen-bond donors (Lipinski definition) is 2. The lowest BCUT2D eigenvalue weighted by Crippen LogP contribution is -2.40. The van der Waals surface area contributed by atoms with E-state index in [1.54, 1.807) is 10.6 Å². The molecule has 0 radical (unpaired) electrons. The standard InChI is InChI=1S/C24H28ClN5O2/c1-16(2)23(31)29-10-8-19(9-11-29)18-3-5-20(6-4-18)28-24(32)27-14-17-7-12-30-21(25)15-26-22(30)13-17/h3-7,12-13,15-16,19H,8-11,14H2,1-2H3,(H2,27,28,32). The average Bonchev–Trinajstić information content (AvgIpc) is 3.18. The number of halogens is 1. The molecule has 2 N–H and O–H groups in total. The summed E-state index contributed by atoms with van der Waals surface area (Å²) in [4.78, 5) is 30.7. The molecule has 7 nitrogen and oxygen atoms in total. The minimum Gasteiger partial charge on any atom is -0.342 e. The fraction of sp³-hybridized carbons (Fsp3) is 0.375. The number of anilines is 1. The second kappa shape index (κ2) is 9.61. The number of fused-ring (bicyclic) bond motifs is 1. The van der Waals surface area contributed by atoms with E-state index in [1.807, 2.05) is 49.2 Å². The number of imidazole rings is 1. The second-order valence-electron chi connectivity index (χ2n) is 8.53. The normalized spacial score (nSPS) is 14.7. The molecule has 0 saturated carbocycles. The van der Waals surface area contributed by atoms with E-state index in [2.05, 4.69) is 27.8 Å². The Labute approximate surface area is 192 Å². The second-order valence-corrected chi connectivity index (χ2v) is 8.92. The number of carbonyl (C=O) groups is 2. The van der Waals surface area contributed by atoms with Gasteiger partial charge in [0.2, 0.25) is 5.91 Å². The molecular weight excluding hydrogens is 426 g/mol. The van der Waals surface area contributed by atoms with Gasteiger partial charge in [0.25, 0.3) is 0 Å². The molecule has 3 amide bonds. The molecule has 0 atom stereocenters. The number of rotatable bonds is 5. The van der Waals surface area contributed by atoms with Crippen LogP contribution in [0.1, 0.15) is 43.7 Å². The van der Waals surface area contributed by atoms with Gasteiger partial charge in [-0.1, -0.05) is 37.6 Å². The molecule has 1 saturated heterocycles. The number of amides is 3. The topological polar surface area (TPSA) is 78.7 Å². The molecule has 2 aromatic heterocycles. The Balaban J connectivity index is 1.27. The fourth-order valence-corrected chi connectivity index (χ4v) is 4.29. The van der Waals surface area contributed by atoms with Crippen molar-refractivity contribution in [1.82, 2.24) is 19.6 Å². The maximum atomic E-state index is 12.3. The molecule has 1 aliphatic heterocycles. The van der Waals surface area contributed by atoms with E-state index >= 15 is 0 Å². The van der Waals surface area contributed by atoms with Gasteiger partial charge < -0.3 is 15.5 Å². The number of nitrogens with one attached hydrogen (secondary N) is 2. The van der Waals surface area contributed by atoms with Gasteiger partial charge in [-0.05, 0) is 54.2 Å². The lowest BCUT2D eigenvalue weighted by Gasteiger charge is -2.33. The summed E-state index contributed by atoms with van der Waals surface area (Å²) in [6.07, 6.45) is 5.37. The summed E-state index contributed by atoms with van der Waals surface area (Å²) in [7, 11) is 0. The number of piperidine rings is 1. The van der Waals surface area contributed by atoms with Crippen molar-refractivity contribution >= 4 is 34.9 Å². The van der Waals surface area contributed by atoms with Crippen molar-refractivity contribution in [3.63, 3.8) is 0 Å². The van der Waals surface area contributed by atoms with Crippen molar-refractivity contribution in [3.8, 4) is 0 Å². The predicted molar refractivity (Wildman–Crippen MR) is 126 cm³/mol. The Morgan fingerprint density at radius 3 is 2.56 bits per heavy atom. The predicted octanol–water partition coefficient (Wildman–Crippen LogP) is 4.67. The van der Waals surface area contributed by atoms with Gasteiger partial charge in [0, 0.05) is 37.4 Å². The highest BCUT2D eigenvalue weighted by Gasteiger charge is 2.25. The number of aromatic nitrogens is 2. The molecule has 0 spiro atoms. The van der Waals surface area contributed by atoms with E-state index in [9.17, 15) is 9.59 Å². The van der Waals surface area contributed by atoms with Crippen LogP contribution in [-0.4, -0.2) is 39.3 Å². The molecule has 0 unspecified atom stereocenters. The Bertz CT molecular complexity index is 1100. The number of nitrogens with zero attached hydrogens (tertiary/aromatic N) is 3. The van der Waals surface area contributed by atoms with Crippen molar-refractivity contribution < 1.29 is 9.59 Å². The fourth-order valence-electron chi connectivity index (χ4n) is 4.10. The number of benzene rings is 1. The Kier molecular flexibility index (Phi) is 6.65. The van der Waals surface area contributed by atoms with E-state index in [1.165, 1.54) is 5.56 Å². The van der Waals surface area contributed by atoms with Crippen LogP contribution in [0.3, 0.4) is 0 Å². The van der Waals surface area contributed by atoms with Crippen LogP contribution in [0.2, 0.25) is 5.15 Å². The van der Waals surface area contributed by atoms with Crippen LogP contribution in [0.25, 0.3) is 5.65 Å². The summed E-state index contributed by atoms with van der Waals surface area (Å²) in [6.45, 7) is 5.90. The highest BCUT2D eigenvalue weighted by molar-refractivity contribution is 6.29. The van der Waals surface area contributed by atoms with Crippen LogP contribution in [0.15, 0.2) is 48.8 Å². The third-order valence-corrected chi connectivity index (χ3v) is 6.21. The minimum atomic E-state index is -0.264. The third kappa shape index (κ3) is 5.05. The number of carbonyl (C=O) groups excluding carboxylic acids is 2. The van der Waals surface area contributed by atoms with Crippen LogP contribution in [-0.2, 0) is 11.3 Å². The molecule has 3 heterocycles. The quantitative estimate of drug-likeness (QED) is 0.589. The van der Waals surface area contributed by atoms with Crippen LogP contribution in [0, 0.1) is 5.92 Å². The van der Waals surface area contributed by atoms with E-state index in [-0.39, 0.29) is 17.9 Å². The third-order valence-electron chi connectivity index (χ3n) is 5.93. The summed E-state index contributed by atoms with van der Waals surface area (Å²) in [5.74, 6) is 0.734. The first kappa shape index (κ1) is 22.1. The SMILES string of the molecule is CC(C)C(=O)N1CCC(c2ccc(NC(=O)NCc3ccn4c(Cl)cnc4c3)cc2)CC1. The highest BCUT2D eigenvalue weighted by atomic mass is 35.5. The molecule has 4 rings (SSSR count). The number of urea groups is 1. The molecule has 1 fully saturated rings. The van der Waals surface area contributed by atoms with Gasteiger partial charge in [0.05, 0.1) is 6.20 Å². The van der Waals surface area contributed by atoms with E-state index < -0.39 is 0 Å². The Morgan fingerprint density at radius 1 is 1.16 bits per heavy atom. The number of likely N-dealkylation sites (tertiary alicyclic amines) is 1. The largest absolute Gasteiger partial charge is 0.342 e. The molecule has 168 valence electrons. The Hall–Kier alpha value is -3.06. The highest BCUT2D eigenvalue weighted by Crippen LogP contribution is 2.29. The zero-order valence-electron chi connectivity index (χ0n) is 18.3. The van der Waals surface area contributed by atoms with Gasteiger partial charge in [-0.15, -0.1) is 0 Å². The molecule has 8 heteroatoms. The van der Waals surface area contributed by atoms with Crippen molar-refractivity contribution in [2.24, 2.45) is 5.92 Å². The Morgan fingerprint density at radius 2 is 1.88 bits per heavy atom. The van der Waals surface area contributed by atoms with Gasteiger partial charge in [0.1, 0.15) is 10.8 Å². The van der Waals surface area contributed by atoms with Gasteiger partial charge >= 0.3 is 6.03 Å². The minimum absolute atomic E-state index is 0.0511. The maximum absolute atomic E-state index is 12.3. The van der Waals surface area contributed by atoms with E-state index in [0.717, 1.165) is 42.8 Å². The first-order valence-corrected chi connectivity index (χ1v) is 11.3. The molecule has 1 aliphatic rings. The number of hydrogen-bond acceptors (Lipinski definition) is 3. The summed E-state index contributed by atoms with van der Waals surface area (Å²) in [5.41, 5.74) is 3.67. The molecule has 3 aromatic rings. The van der Waals surface area contributed by atoms with Gasteiger partial charge in [-0.3, -0.25) is 9.20 Å². The first-order chi connectivity index (χ1) is 15.4. The molecular formula is C24H28ClN5O2.